The molecule has 0 unspecified atom stereocenters. The van der Waals surface area contributed by atoms with Crippen molar-refractivity contribution in [3.8, 4) is 0 Å². The second kappa shape index (κ2) is 5.07. The smallest absolute Gasteiger partial charge is 0.243 e. The van der Waals surface area contributed by atoms with E-state index in [1.54, 1.807) is 0 Å². The van der Waals surface area contributed by atoms with Crippen LogP contribution in [0.4, 0.5) is 10.1 Å². The van der Waals surface area contributed by atoms with Gasteiger partial charge in [0.15, 0.2) is 0 Å². The van der Waals surface area contributed by atoms with E-state index in [1.807, 2.05) is 0 Å². The summed E-state index contributed by atoms with van der Waals surface area (Å²) in [5, 5.41) is 9.13. The van der Waals surface area contributed by atoms with Crippen molar-refractivity contribution in [1.82, 2.24) is 4.72 Å². The highest BCUT2D eigenvalue weighted by Gasteiger charge is 2.29. The van der Waals surface area contributed by atoms with Gasteiger partial charge in [0.1, 0.15) is 10.7 Å². The van der Waals surface area contributed by atoms with Crippen LogP contribution in [-0.4, -0.2) is 26.2 Å². The molecule has 0 heterocycles. The first-order valence-corrected chi connectivity index (χ1v) is 7.51. The normalized spacial score (nSPS) is 23.1. The van der Waals surface area contributed by atoms with Crippen molar-refractivity contribution < 1.29 is 17.9 Å². The Morgan fingerprint density at radius 3 is 2.68 bits per heavy atom. The summed E-state index contributed by atoms with van der Waals surface area (Å²) in [7, 11) is -3.91. The molecule has 4 N–H and O–H groups in total. The Hall–Kier alpha value is -1.18. The minimum Gasteiger partial charge on any atom is -0.399 e. The molecule has 0 atom stereocenters. The van der Waals surface area contributed by atoms with E-state index in [1.165, 1.54) is 13.0 Å². The molecule has 5 nitrogen and oxygen atoms in total. The Balaban J connectivity index is 2.15. The van der Waals surface area contributed by atoms with E-state index in [2.05, 4.69) is 4.72 Å². The van der Waals surface area contributed by atoms with Gasteiger partial charge in [0.25, 0.3) is 0 Å². The molecule has 1 aliphatic rings. The molecule has 0 aliphatic heterocycles. The van der Waals surface area contributed by atoms with Crippen molar-refractivity contribution in [2.75, 3.05) is 12.3 Å². The maximum Gasteiger partial charge on any atom is 0.243 e. The van der Waals surface area contributed by atoms with Crippen molar-refractivity contribution in [3.63, 3.8) is 0 Å². The molecule has 1 aliphatic carbocycles. The molecule has 1 aromatic rings. The number of nitrogens with one attached hydrogen (secondary N) is 1. The minimum absolute atomic E-state index is 0.106. The molecule has 1 fully saturated rings. The van der Waals surface area contributed by atoms with Crippen molar-refractivity contribution in [3.05, 3.63) is 23.5 Å². The zero-order valence-corrected chi connectivity index (χ0v) is 11.4. The Kier molecular flexibility index (Phi) is 3.80. The molecule has 7 heteroatoms. The van der Waals surface area contributed by atoms with E-state index >= 15 is 0 Å². The molecule has 0 radical (unpaired) electrons. The average Bonchev–Trinajstić information content (AvgIpc) is 2.27. The summed E-state index contributed by atoms with van der Waals surface area (Å²) in [4.78, 5) is -0.426. The summed E-state index contributed by atoms with van der Waals surface area (Å²) >= 11 is 0. The third kappa shape index (κ3) is 3.05. The number of aliphatic hydroxyl groups excluding tert-OH is 1. The molecule has 0 spiro atoms. The van der Waals surface area contributed by atoms with E-state index in [0.29, 0.717) is 12.8 Å². The van der Waals surface area contributed by atoms with Crippen molar-refractivity contribution in [2.24, 2.45) is 5.92 Å². The predicted molar refractivity (Wildman–Crippen MR) is 69.5 cm³/mol. The highest BCUT2D eigenvalue weighted by Crippen LogP contribution is 2.27. The molecule has 1 aromatic carbocycles. The molecule has 1 saturated carbocycles. The summed E-state index contributed by atoms with van der Waals surface area (Å²) in [6.45, 7) is 1.67. The van der Waals surface area contributed by atoms with Crippen LogP contribution in [0.15, 0.2) is 17.0 Å². The van der Waals surface area contributed by atoms with E-state index in [-0.39, 0.29) is 29.8 Å². The average molecular weight is 288 g/mol. The Morgan fingerprint density at radius 2 is 2.11 bits per heavy atom. The SMILES string of the molecule is Cc1cc(N)cc(S(=O)(=O)NCC2CC(O)C2)c1F. The molecule has 0 bridgehead atoms. The van der Waals surface area contributed by atoms with Crippen LogP contribution in [0.3, 0.4) is 0 Å². The number of benzene rings is 1. The molecule has 2 rings (SSSR count). The van der Waals surface area contributed by atoms with Crippen LogP contribution in [-0.2, 0) is 10.0 Å². The van der Waals surface area contributed by atoms with Crippen LogP contribution in [0.5, 0.6) is 0 Å². The number of hydrogen-bond donors (Lipinski definition) is 3. The van der Waals surface area contributed by atoms with E-state index in [4.69, 9.17) is 10.8 Å². The molecular formula is C12H17FN2O3S. The summed E-state index contributed by atoms with van der Waals surface area (Å²) in [5.41, 5.74) is 5.95. The quantitative estimate of drug-likeness (QED) is 0.713. The molecule has 106 valence electrons. The van der Waals surface area contributed by atoms with Crippen LogP contribution in [0.2, 0.25) is 0 Å². The molecular weight excluding hydrogens is 271 g/mol. The van der Waals surface area contributed by atoms with Crippen LogP contribution in [0.25, 0.3) is 0 Å². The lowest BCUT2D eigenvalue weighted by Crippen LogP contribution is -2.38. The van der Waals surface area contributed by atoms with Crippen molar-refractivity contribution in [2.45, 2.75) is 30.8 Å². The molecule has 0 aromatic heterocycles. The number of aryl methyl sites for hydroxylation is 1. The van der Waals surface area contributed by atoms with Gasteiger partial charge < -0.3 is 10.8 Å². The van der Waals surface area contributed by atoms with Gasteiger partial charge >= 0.3 is 0 Å². The van der Waals surface area contributed by atoms with Crippen LogP contribution in [0.1, 0.15) is 18.4 Å². The number of nitrogen functional groups attached to an aromatic ring is 1. The summed E-state index contributed by atoms with van der Waals surface area (Å²) < 4.78 is 40.2. The standard InChI is InChI=1S/C12H17FN2O3S/c1-7-2-9(14)5-11(12(7)13)19(17,18)15-6-8-3-10(16)4-8/h2,5,8,10,15-16H,3-4,6,14H2,1H3. The fourth-order valence-electron chi connectivity index (χ4n) is 2.13. The van der Waals surface area contributed by atoms with Gasteiger partial charge in [0.2, 0.25) is 10.0 Å². The molecule has 0 saturated heterocycles. The van der Waals surface area contributed by atoms with Gasteiger partial charge in [-0.2, -0.15) is 0 Å². The fourth-order valence-corrected chi connectivity index (χ4v) is 3.43. The highest BCUT2D eigenvalue weighted by atomic mass is 32.2. The van der Waals surface area contributed by atoms with Crippen LogP contribution >= 0.6 is 0 Å². The monoisotopic (exact) mass is 288 g/mol. The van der Waals surface area contributed by atoms with Gasteiger partial charge in [0, 0.05) is 12.2 Å². The first kappa shape index (κ1) is 14.2. The lowest BCUT2D eigenvalue weighted by molar-refractivity contribution is 0.0453. The second-order valence-corrected chi connectivity index (χ2v) is 6.73. The Bertz CT molecular complexity index is 583. The van der Waals surface area contributed by atoms with E-state index in [9.17, 15) is 12.8 Å². The number of aliphatic hydroxyl groups is 1. The topological polar surface area (TPSA) is 92.4 Å². The van der Waals surface area contributed by atoms with Gasteiger partial charge in [-0.05, 0) is 43.4 Å². The number of halogens is 1. The summed E-state index contributed by atoms with van der Waals surface area (Å²) in [6.07, 6.45) is 0.794. The van der Waals surface area contributed by atoms with E-state index in [0.717, 1.165) is 6.07 Å². The van der Waals surface area contributed by atoms with Crippen LogP contribution < -0.4 is 10.5 Å². The number of rotatable bonds is 4. The lowest BCUT2D eigenvalue weighted by atomic mass is 9.83. The van der Waals surface area contributed by atoms with E-state index < -0.39 is 20.7 Å². The summed E-state index contributed by atoms with van der Waals surface area (Å²) in [5.74, 6) is -0.676. The maximum atomic E-state index is 13.8. The lowest BCUT2D eigenvalue weighted by Gasteiger charge is -2.31. The number of sulfonamides is 1. The summed E-state index contributed by atoms with van der Waals surface area (Å²) in [6, 6.07) is 2.50. The number of hydrogen-bond acceptors (Lipinski definition) is 4. The van der Waals surface area contributed by atoms with Gasteiger partial charge in [-0.1, -0.05) is 0 Å². The zero-order chi connectivity index (χ0) is 14.2. The first-order valence-electron chi connectivity index (χ1n) is 6.03. The van der Waals surface area contributed by atoms with Crippen LogP contribution in [0, 0.1) is 18.7 Å². The molecule has 19 heavy (non-hydrogen) atoms. The van der Waals surface area contributed by atoms with Gasteiger partial charge in [-0.25, -0.2) is 17.5 Å². The van der Waals surface area contributed by atoms with Crippen molar-refractivity contribution in [1.29, 1.82) is 0 Å². The fraction of sp³-hybridized carbons (Fsp3) is 0.500. The Morgan fingerprint density at radius 1 is 1.47 bits per heavy atom. The predicted octanol–water partition coefficient (Wildman–Crippen LogP) is 0.766. The number of nitrogens with two attached hydrogens (primary N) is 1. The van der Waals surface area contributed by atoms with Gasteiger partial charge in [0.05, 0.1) is 6.10 Å². The van der Waals surface area contributed by atoms with Gasteiger partial charge in [-0.15, -0.1) is 0 Å². The van der Waals surface area contributed by atoms with Crippen molar-refractivity contribution >= 4 is 15.7 Å². The Labute approximate surface area is 111 Å². The highest BCUT2D eigenvalue weighted by molar-refractivity contribution is 7.89. The zero-order valence-electron chi connectivity index (χ0n) is 10.6. The second-order valence-electron chi connectivity index (χ2n) is 4.99. The van der Waals surface area contributed by atoms with Gasteiger partial charge in [-0.3, -0.25) is 0 Å². The third-order valence-electron chi connectivity index (χ3n) is 3.31. The maximum absolute atomic E-state index is 13.8. The largest absolute Gasteiger partial charge is 0.399 e. The molecule has 0 amide bonds. The third-order valence-corrected chi connectivity index (χ3v) is 4.73. The first-order chi connectivity index (χ1) is 8.79. The number of anilines is 1. The minimum atomic E-state index is -3.91.